The molecule has 100 valence electrons. The summed E-state index contributed by atoms with van der Waals surface area (Å²) in [6.45, 7) is 0. The highest BCUT2D eigenvalue weighted by atomic mass is 32.2. The van der Waals surface area contributed by atoms with Crippen LogP contribution >= 0.6 is 23.6 Å². The first-order chi connectivity index (χ1) is 8.90. The molecule has 0 atom stereocenters. The molecule has 0 fully saturated rings. The molecule has 0 unspecified atom stereocenters. The number of rotatable bonds is 4. The van der Waals surface area contributed by atoms with Crippen molar-refractivity contribution < 1.29 is 12.8 Å². The SMILES string of the molecule is NC(=S)c1ccc(S(=O)(=O)Nc2ccncc2F)s1. The van der Waals surface area contributed by atoms with E-state index in [-0.39, 0.29) is 14.9 Å². The van der Waals surface area contributed by atoms with Crippen LogP contribution in [0.5, 0.6) is 0 Å². The second kappa shape index (κ2) is 5.19. The molecule has 0 amide bonds. The predicted molar refractivity (Wildman–Crippen MR) is 75.2 cm³/mol. The zero-order valence-electron chi connectivity index (χ0n) is 9.33. The summed E-state index contributed by atoms with van der Waals surface area (Å²) < 4.78 is 39.5. The maximum atomic E-state index is 13.3. The molecule has 0 saturated carbocycles. The van der Waals surface area contributed by atoms with E-state index < -0.39 is 15.8 Å². The highest BCUT2D eigenvalue weighted by Crippen LogP contribution is 2.24. The Hall–Kier alpha value is -1.58. The lowest BCUT2D eigenvalue weighted by molar-refractivity contribution is 0.599. The van der Waals surface area contributed by atoms with E-state index in [0.717, 1.165) is 17.5 Å². The molecule has 3 N–H and O–H groups in total. The van der Waals surface area contributed by atoms with Crippen molar-refractivity contribution in [3.05, 3.63) is 41.3 Å². The maximum Gasteiger partial charge on any atom is 0.271 e. The number of hydrogen-bond donors (Lipinski definition) is 2. The molecule has 5 nitrogen and oxygen atoms in total. The summed E-state index contributed by atoms with van der Waals surface area (Å²) in [5, 5.41) is 0. The van der Waals surface area contributed by atoms with Crippen LogP contribution in [0, 0.1) is 5.82 Å². The predicted octanol–water partition coefficient (Wildman–Crippen LogP) is 1.72. The molecular weight excluding hydrogens is 309 g/mol. The monoisotopic (exact) mass is 317 g/mol. The maximum absolute atomic E-state index is 13.3. The quantitative estimate of drug-likeness (QED) is 0.839. The Morgan fingerprint density at radius 1 is 1.42 bits per heavy atom. The van der Waals surface area contributed by atoms with Crippen molar-refractivity contribution in [1.29, 1.82) is 0 Å². The van der Waals surface area contributed by atoms with E-state index in [1.165, 1.54) is 24.4 Å². The fraction of sp³-hybridized carbons (Fsp3) is 0. The minimum Gasteiger partial charge on any atom is -0.389 e. The third kappa shape index (κ3) is 3.06. The van der Waals surface area contributed by atoms with Gasteiger partial charge >= 0.3 is 0 Å². The Bertz CT molecular complexity index is 727. The summed E-state index contributed by atoms with van der Waals surface area (Å²) in [5.74, 6) is -0.753. The Labute approximate surface area is 118 Å². The zero-order chi connectivity index (χ0) is 14.0. The largest absolute Gasteiger partial charge is 0.389 e. The molecule has 2 heterocycles. The summed E-state index contributed by atoms with van der Waals surface area (Å²) in [7, 11) is -3.86. The number of halogens is 1. The third-order valence-electron chi connectivity index (χ3n) is 2.11. The van der Waals surface area contributed by atoms with Gasteiger partial charge in [0.15, 0.2) is 5.82 Å². The number of nitrogens with zero attached hydrogens (tertiary/aromatic N) is 1. The van der Waals surface area contributed by atoms with Gasteiger partial charge in [-0.1, -0.05) is 12.2 Å². The highest BCUT2D eigenvalue weighted by molar-refractivity contribution is 7.94. The molecule has 0 spiro atoms. The molecule has 0 aliphatic heterocycles. The van der Waals surface area contributed by atoms with Gasteiger partial charge in [-0.05, 0) is 18.2 Å². The Morgan fingerprint density at radius 2 is 2.16 bits per heavy atom. The smallest absolute Gasteiger partial charge is 0.271 e. The molecule has 0 saturated heterocycles. The van der Waals surface area contributed by atoms with Gasteiger partial charge in [0.2, 0.25) is 0 Å². The van der Waals surface area contributed by atoms with Gasteiger partial charge in [-0.15, -0.1) is 11.3 Å². The van der Waals surface area contributed by atoms with E-state index in [4.69, 9.17) is 18.0 Å². The second-order valence-electron chi connectivity index (χ2n) is 3.44. The van der Waals surface area contributed by atoms with E-state index in [1.54, 1.807) is 0 Å². The number of hydrogen-bond acceptors (Lipinski definition) is 5. The average Bonchev–Trinajstić information content (AvgIpc) is 2.82. The lowest BCUT2D eigenvalue weighted by atomic mass is 10.4. The van der Waals surface area contributed by atoms with Gasteiger partial charge in [-0.3, -0.25) is 9.71 Å². The van der Waals surface area contributed by atoms with Crippen molar-refractivity contribution >= 4 is 44.3 Å². The van der Waals surface area contributed by atoms with E-state index in [0.29, 0.717) is 4.88 Å². The fourth-order valence-corrected chi connectivity index (χ4v) is 3.67. The fourth-order valence-electron chi connectivity index (χ4n) is 1.25. The van der Waals surface area contributed by atoms with Crippen molar-refractivity contribution in [3.8, 4) is 0 Å². The lowest BCUT2D eigenvalue weighted by Gasteiger charge is -2.06. The number of nitrogens with two attached hydrogens (primary N) is 1. The van der Waals surface area contributed by atoms with Crippen molar-refractivity contribution in [2.24, 2.45) is 5.73 Å². The molecule has 0 aliphatic rings. The number of pyridine rings is 1. The number of anilines is 1. The molecule has 9 heteroatoms. The van der Waals surface area contributed by atoms with Gasteiger partial charge in [0.05, 0.1) is 16.8 Å². The number of thiocarbonyl (C=S) groups is 1. The van der Waals surface area contributed by atoms with Crippen LogP contribution < -0.4 is 10.5 Å². The lowest BCUT2D eigenvalue weighted by Crippen LogP contribution is -2.12. The molecule has 19 heavy (non-hydrogen) atoms. The molecule has 2 aromatic heterocycles. The topological polar surface area (TPSA) is 85.1 Å². The summed E-state index contributed by atoms with van der Waals surface area (Å²) >= 11 is 5.67. The first kappa shape index (κ1) is 13.8. The summed E-state index contributed by atoms with van der Waals surface area (Å²) in [4.78, 5) is 4.12. The third-order valence-corrected chi connectivity index (χ3v) is 5.43. The second-order valence-corrected chi connectivity index (χ2v) is 6.88. The van der Waals surface area contributed by atoms with Crippen LogP contribution in [-0.4, -0.2) is 18.4 Å². The number of sulfonamides is 1. The number of thiophene rings is 1. The van der Waals surface area contributed by atoms with Gasteiger partial charge < -0.3 is 5.73 Å². The Morgan fingerprint density at radius 3 is 2.74 bits per heavy atom. The Balaban J connectivity index is 2.32. The van der Waals surface area contributed by atoms with Crippen LogP contribution in [0.1, 0.15) is 4.88 Å². The summed E-state index contributed by atoms with van der Waals surface area (Å²) in [5.41, 5.74) is 5.24. The van der Waals surface area contributed by atoms with E-state index in [1.807, 2.05) is 0 Å². The van der Waals surface area contributed by atoms with E-state index >= 15 is 0 Å². The van der Waals surface area contributed by atoms with Crippen LogP contribution in [0.25, 0.3) is 0 Å². The molecule has 2 aromatic rings. The molecule has 2 rings (SSSR count). The van der Waals surface area contributed by atoms with Crippen LogP contribution in [0.3, 0.4) is 0 Å². The molecular formula is C10H8FN3O2S3. The Kier molecular flexibility index (Phi) is 3.78. The van der Waals surface area contributed by atoms with Crippen molar-refractivity contribution in [3.63, 3.8) is 0 Å². The van der Waals surface area contributed by atoms with Gasteiger partial charge in [-0.2, -0.15) is 0 Å². The summed E-state index contributed by atoms with van der Waals surface area (Å²) in [6, 6.07) is 4.10. The van der Waals surface area contributed by atoms with Gasteiger partial charge in [-0.25, -0.2) is 12.8 Å². The van der Waals surface area contributed by atoms with Gasteiger partial charge in [0.25, 0.3) is 10.0 Å². The average molecular weight is 317 g/mol. The van der Waals surface area contributed by atoms with Gasteiger partial charge in [0, 0.05) is 6.20 Å². The summed E-state index contributed by atoms with van der Waals surface area (Å²) in [6.07, 6.45) is 2.21. The first-order valence-corrected chi connectivity index (χ1v) is 7.63. The van der Waals surface area contributed by atoms with Crippen LogP contribution in [0.15, 0.2) is 34.8 Å². The van der Waals surface area contributed by atoms with E-state index in [9.17, 15) is 12.8 Å². The van der Waals surface area contributed by atoms with Gasteiger partial charge in [0.1, 0.15) is 9.20 Å². The van der Waals surface area contributed by atoms with Crippen LogP contribution in [0.4, 0.5) is 10.1 Å². The van der Waals surface area contributed by atoms with Crippen molar-refractivity contribution in [2.45, 2.75) is 4.21 Å². The van der Waals surface area contributed by atoms with Crippen molar-refractivity contribution in [1.82, 2.24) is 4.98 Å². The highest BCUT2D eigenvalue weighted by Gasteiger charge is 2.19. The number of nitrogens with one attached hydrogen (secondary N) is 1. The normalized spacial score (nSPS) is 11.2. The molecule has 0 aromatic carbocycles. The van der Waals surface area contributed by atoms with E-state index in [2.05, 4.69) is 9.71 Å². The van der Waals surface area contributed by atoms with Crippen LogP contribution in [0.2, 0.25) is 0 Å². The molecule has 0 aliphatic carbocycles. The first-order valence-electron chi connectivity index (χ1n) is 4.92. The molecule has 0 radical (unpaired) electrons. The minimum absolute atomic E-state index is 0.00603. The van der Waals surface area contributed by atoms with Crippen LogP contribution in [-0.2, 0) is 10.0 Å². The standard InChI is InChI=1S/C10H8FN3O2S3/c11-6-5-13-4-3-7(6)14-19(15,16)9-2-1-8(18-9)10(12)17/h1-5H,(H2,12,17)(H,13,14). The minimum atomic E-state index is -3.86. The molecule has 0 bridgehead atoms. The zero-order valence-corrected chi connectivity index (χ0v) is 11.8. The van der Waals surface area contributed by atoms with Crippen molar-refractivity contribution in [2.75, 3.05) is 4.72 Å². The number of aromatic nitrogens is 1.